The number of rotatable bonds is 7. The Morgan fingerprint density at radius 2 is 1.88 bits per heavy atom. The zero-order valence-electron chi connectivity index (χ0n) is 19.6. The Balaban J connectivity index is 1.40. The number of H-pyrrole nitrogens is 1. The molecule has 0 saturated heterocycles. The number of aryl methyl sites for hydroxylation is 2. The molecule has 0 atom stereocenters. The van der Waals surface area contributed by atoms with Crippen LogP contribution in [-0.4, -0.2) is 39.3 Å². The normalized spacial score (nSPS) is 21.2. The molecule has 172 valence electrons. The van der Waals surface area contributed by atoms with Gasteiger partial charge in [-0.3, -0.25) is 4.68 Å². The molecule has 0 spiro atoms. The summed E-state index contributed by atoms with van der Waals surface area (Å²) in [6.45, 7) is 0.797. The highest BCUT2D eigenvalue weighted by Crippen LogP contribution is 2.44. The van der Waals surface area contributed by atoms with Crippen LogP contribution in [0.5, 0.6) is 0 Å². The molecule has 5 rings (SSSR count). The maximum atomic E-state index is 14.1. The molecular formula is C28H33FN4. The van der Waals surface area contributed by atoms with E-state index >= 15 is 0 Å². The standard InChI is InChI=1S/C28H33FN4/c1-32(2)28(20-21-7-4-3-5-8-21)14-11-22(12-15-28)27-24(13-18-33-17-6-16-30-33)25-19-23(29)9-10-26(25)31-27/h3-10,16-17,19,22,31H,11-15,18,20H2,1-2H3. The number of hydrogen-bond acceptors (Lipinski definition) is 2. The van der Waals surface area contributed by atoms with Crippen molar-refractivity contribution in [2.24, 2.45) is 0 Å². The third-order valence-electron chi connectivity index (χ3n) is 7.70. The Bertz CT molecular complexity index is 1190. The monoisotopic (exact) mass is 444 g/mol. The highest BCUT2D eigenvalue weighted by atomic mass is 19.1. The van der Waals surface area contributed by atoms with Crippen molar-refractivity contribution in [3.8, 4) is 0 Å². The molecule has 0 radical (unpaired) electrons. The molecule has 0 aliphatic heterocycles. The lowest BCUT2D eigenvalue weighted by Crippen LogP contribution is -2.48. The third kappa shape index (κ3) is 4.47. The Morgan fingerprint density at radius 3 is 2.58 bits per heavy atom. The summed E-state index contributed by atoms with van der Waals surface area (Å²) in [5, 5.41) is 5.38. The van der Waals surface area contributed by atoms with Crippen LogP contribution in [0.25, 0.3) is 10.9 Å². The van der Waals surface area contributed by atoms with Gasteiger partial charge >= 0.3 is 0 Å². The Kier molecular flexibility index (Phi) is 6.07. The molecule has 4 nitrogen and oxygen atoms in total. The largest absolute Gasteiger partial charge is 0.358 e. The van der Waals surface area contributed by atoms with E-state index in [2.05, 4.69) is 59.4 Å². The summed E-state index contributed by atoms with van der Waals surface area (Å²) in [7, 11) is 4.45. The molecule has 1 saturated carbocycles. The van der Waals surface area contributed by atoms with Crippen LogP contribution in [0, 0.1) is 5.82 Å². The molecule has 0 unspecified atom stereocenters. The van der Waals surface area contributed by atoms with Crippen molar-refractivity contribution in [2.75, 3.05) is 14.1 Å². The second-order valence-corrected chi connectivity index (χ2v) is 9.78. The van der Waals surface area contributed by atoms with Gasteiger partial charge in [0.05, 0.1) is 0 Å². The van der Waals surface area contributed by atoms with Gasteiger partial charge in [-0.05, 0) is 93.9 Å². The van der Waals surface area contributed by atoms with E-state index in [0.29, 0.717) is 5.92 Å². The van der Waals surface area contributed by atoms with Crippen LogP contribution in [0.3, 0.4) is 0 Å². The van der Waals surface area contributed by atoms with Gasteiger partial charge in [0.25, 0.3) is 0 Å². The maximum absolute atomic E-state index is 14.1. The molecule has 1 N–H and O–H groups in total. The Morgan fingerprint density at radius 1 is 1.09 bits per heavy atom. The zero-order valence-corrected chi connectivity index (χ0v) is 19.6. The lowest BCUT2D eigenvalue weighted by Gasteiger charge is -2.45. The number of fused-ring (bicyclic) bond motifs is 1. The average molecular weight is 445 g/mol. The number of nitrogens with one attached hydrogen (secondary N) is 1. The van der Waals surface area contributed by atoms with Crippen LogP contribution in [0.2, 0.25) is 0 Å². The first kappa shape index (κ1) is 21.9. The predicted molar refractivity (Wildman–Crippen MR) is 132 cm³/mol. The van der Waals surface area contributed by atoms with Crippen molar-refractivity contribution in [2.45, 2.75) is 56.5 Å². The molecule has 2 aromatic heterocycles. The fourth-order valence-corrected chi connectivity index (χ4v) is 5.72. The number of benzene rings is 2. The average Bonchev–Trinajstić information content (AvgIpc) is 3.46. The van der Waals surface area contributed by atoms with Crippen LogP contribution in [0.15, 0.2) is 67.0 Å². The summed E-state index contributed by atoms with van der Waals surface area (Å²) >= 11 is 0. The fourth-order valence-electron chi connectivity index (χ4n) is 5.72. The van der Waals surface area contributed by atoms with Crippen molar-refractivity contribution < 1.29 is 4.39 Å². The number of likely N-dealkylation sites (N-methyl/N-ethyl adjacent to an activating group) is 1. The van der Waals surface area contributed by atoms with Gasteiger partial charge in [-0.2, -0.15) is 5.10 Å². The highest BCUT2D eigenvalue weighted by Gasteiger charge is 2.38. The lowest BCUT2D eigenvalue weighted by molar-refractivity contribution is 0.0920. The van der Waals surface area contributed by atoms with E-state index in [4.69, 9.17) is 0 Å². The molecule has 0 amide bonds. The first-order valence-corrected chi connectivity index (χ1v) is 12.0. The molecule has 2 heterocycles. The summed E-state index contributed by atoms with van der Waals surface area (Å²) < 4.78 is 16.1. The first-order chi connectivity index (χ1) is 16.0. The fraction of sp³-hybridized carbons (Fsp3) is 0.393. The molecular weight excluding hydrogens is 411 g/mol. The summed E-state index contributed by atoms with van der Waals surface area (Å²) in [5.74, 6) is 0.295. The van der Waals surface area contributed by atoms with Gasteiger partial charge in [-0.15, -0.1) is 0 Å². The van der Waals surface area contributed by atoms with E-state index in [1.807, 2.05) is 29.2 Å². The smallest absolute Gasteiger partial charge is 0.123 e. The predicted octanol–water partition coefficient (Wildman–Crippen LogP) is 5.95. The third-order valence-corrected chi connectivity index (χ3v) is 7.70. The molecule has 1 aliphatic rings. The summed E-state index contributed by atoms with van der Waals surface area (Å²) in [6.07, 6.45) is 10.3. The van der Waals surface area contributed by atoms with Gasteiger partial charge in [-0.25, -0.2) is 4.39 Å². The minimum absolute atomic E-state index is 0.175. The van der Waals surface area contributed by atoms with E-state index in [1.54, 1.807) is 12.1 Å². The number of nitrogens with zero attached hydrogens (tertiary/aromatic N) is 3. The molecule has 33 heavy (non-hydrogen) atoms. The summed E-state index contributed by atoms with van der Waals surface area (Å²) in [4.78, 5) is 6.13. The highest BCUT2D eigenvalue weighted by molar-refractivity contribution is 5.85. The molecule has 2 aromatic carbocycles. The summed E-state index contributed by atoms with van der Waals surface area (Å²) in [6, 6.07) is 17.9. The van der Waals surface area contributed by atoms with Gasteiger partial charge in [-0.1, -0.05) is 30.3 Å². The SMILES string of the molecule is CN(C)C1(Cc2ccccc2)CCC(c2[nH]c3ccc(F)cc3c2CCn2cccn2)CC1. The molecule has 0 bridgehead atoms. The van der Waals surface area contributed by atoms with Crippen LogP contribution >= 0.6 is 0 Å². The summed E-state index contributed by atoms with van der Waals surface area (Å²) in [5.41, 5.74) is 5.19. The van der Waals surface area contributed by atoms with E-state index in [0.717, 1.165) is 56.0 Å². The minimum atomic E-state index is -0.175. The Hall–Kier alpha value is -2.92. The number of aromatic amines is 1. The molecule has 1 aliphatic carbocycles. The van der Waals surface area contributed by atoms with Gasteiger partial charge < -0.3 is 9.88 Å². The number of aromatic nitrogens is 3. The zero-order chi connectivity index (χ0) is 22.8. The van der Waals surface area contributed by atoms with Crippen molar-refractivity contribution in [1.29, 1.82) is 0 Å². The van der Waals surface area contributed by atoms with Gasteiger partial charge in [0.2, 0.25) is 0 Å². The molecule has 5 heteroatoms. The minimum Gasteiger partial charge on any atom is -0.358 e. The van der Waals surface area contributed by atoms with E-state index < -0.39 is 0 Å². The van der Waals surface area contributed by atoms with Gasteiger partial charge in [0.1, 0.15) is 5.82 Å². The Labute approximate surface area is 195 Å². The van der Waals surface area contributed by atoms with Crippen molar-refractivity contribution in [3.05, 3.63) is 89.6 Å². The van der Waals surface area contributed by atoms with Gasteiger partial charge in [0, 0.05) is 41.1 Å². The van der Waals surface area contributed by atoms with E-state index in [1.165, 1.54) is 16.8 Å². The lowest BCUT2D eigenvalue weighted by atomic mass is 9.71. The van der Waals surface area contributed by atoms with Crippen LogP contribution in [-0.2, 0) is 19.4 Å². The van der Waals surface area contributed by atoms with Crippen molar-refractivity contribution in [3.63, 3.8) is 0 Å². The maximum Gasteiger partial charge on any atom is 0.123 e. The van der Waals surface area contributed by atoms with Crippen LogP contribution < -0.4 is 0 Å². The second-order valence-electron chi connectivity index (χ2n) is 9.78. The number of halogens is 1. The first-order valence-electron chi connectivity index (χ1n) is 12.0. The number of hydrogen-bond donors (Lipinski definition) is 1. The van der Waals surface area contributed by atoms with Crippen LogP contribution in [0.4, 0.5) is 4.39 Å². The van der Waals surface area contributed by atoms with Crippen molar-refractivity contribution >= 4 is 10.9 Å². The topological polar surface area (TPSA) is 36.9 Å². The van der Waals surface area contributed by atoms with Gasteiger partial charge in [0.15, 0.2) is 0 Å². The quantitative estimate of drug-likeness (QED) is 0.383. The van der Waals surface area contributed by atoms with E-state index in [-0.39, 0.29) is 11.4 Å². The molecule has 4 aromatic rings. The van der Waals surface area contributed by atoms with E-state index in [9.17, 15) is 4.39 Å². The van der Waals surface area contributed by atoms with Crippen molar-refractivity contribution in [1.82, 2.24) is 19.7 Å². The molecule has 1 fully saturated rings. The second kappa shape index (κ2) is 9.14. The van der Waals surface area contributed by atoms with Crippen LogP contribution in [0.1, 0.15) is 48.4 Å².